The average Bonchev–Trinajstić information content (AvgIpc) is 2.40. The van der Waals surface area contributed by atoms with Crippen molar-refractivity contribution in [3.8, 4) is 0 Å². The van der Waals surface area contributed by atoms with Crippen molar-refractivity contribution < 1.29 is 9.13 Å². The summed E-state index contributed by atoms with van der Waals surface area (Å²) in [7, 11) is 1.62. The monoisotopic (exact) mass is 256 g/mol. The van der Waals surface area contributed by atoms with E-state index < -0.39 is 0 Å². The van der Waals surface area contributed by atoms with Crippen LogP contribution in [0.5, 0.6) is 0 Å². The van der Waals surface area contributed by atoms with Crippen molar-refractivity contribution in [3.05, 3.63) is 17.8 Å². The first-order chi connectivity index (χ1) is 8.74. The number of methoxy groups -OCH3 is 1. The van der Waals surface area contributed by atoms with Crippen LogP contribution in [0.1, 0.15) is 19.0 Å². The molecule has 0 aromatic carbocycles. The van der Waals surface area contributed by atoms with Gasteiger partial charge >= 0.3 is 0 Å². The molecule has 5 nitrogen and oxygen atoms in total. The van der Waals surface area contributed by atoms with E-state index in [1.807, 2.05) is 11.8 Å². The van der Waals surface area contributed by atoms with Crippen LogP contribution in [0.25, 0.3) is 0 Å². The Kier molecular flexibility index (Phi) is 6.53. The molecule has 1 rings (SSSR count). The first-order valence-electron chi connectivity index (χ1n) is 6.17. The molecule has 0 radical (unpaired) electrons. The third kappa shape index (κ3) is 3.89. The van der Waals surface area contributed by atoms with Gasteiger partial charge in [-0.05, 0) is 19.4 Å². The molecule has 1 aromatic rings. The van der Waals surface area contributed by atoms with Crippen LogP contribution in [0, 0.1) is 5.82 Å². The lowest BCUT2D eigenvalue weighted by atomic mass is 10.2. The van der Waals surface area contributed by atoms with E-state index >= 15 is 0 Å². The van der Waals surface area contributed by atoms with E-state index in [4.69, 9.17) is 10.5 Å². The molecule has 0 aliphatic carbocycles. The summed E-state index contributed by atoms with van der Waals surface area (Å²) in [5.74, 6) is 0.000439. The molecule has 0 amide bonds. The van der Waals surface area contributed by atoms with Crippen molar-refractivity contribution in [3.63, 3.8) is 0 Å². The number of aromatic nitrogens is 2. The third-order valence-corrected chi connectivity index (χ3v) is 2.68. The highest BCUT2D eigenvalue weighted by Crippen LogP contribution is 2.18. The fraction of sp³-hybridized carbons (Fsp3) is 0.667. The van der Waals surface area contributed by atoms with E-state index in [1.165, 1.54) is 6.33 Å². The molecule has 0 saturated carbocycles. The van der Waals surface area contributed by atoms with E-state index in [1.54, 1.807) is 7.11 Å². The van der Waals surface area contributed by atoms with Crippen LogP contribution >= 0.6 is 0 Å². The van der Waals surface area contributed by atoms with Crippen LogP contribution < -0.4 is 10.6 Å². The third-order valence-electron chi connectivity index (χ3n) is 2.68. The van der Waals surface area contributed by atoms with Gasteiger partial charge in [0.05, 0.1) is 12.3 Å². The molecule has 2 N–H and O–H groups in total. The molecule has 1 aromatic heterocycles. The number of halogens is 1. The highest BCUT2D eigenvalue weighted by Gasteiger charge is 2.16. The number of ether oxygens (including phenoxy) is 1. The summed E-state index contributed by atoms with van der Waals surface area (Å²) < 4.78 is 19.2. The fourth-order valence-electron chi connectivity index (χ4n) is 1.67. The normalized spacial score (nSPS) is 10.7. The molecular formula is C12H21FN4O. The van der Waals surface area contributed by atoms with Crippen LogP contribution in [-0.4, -0.2) is 43.3 Å². The van der Waals surface area contributed by atoms with Crippen LogP contribution in [0.15, 0.2) is 6.33 Å². The molecule has 0 unspecified atom stereocenters. The van der Waals surface area contributed by atoms with Crippen molar-refractivity contribution in [2.45, 2.75) is 19.8 Å². The Hall–Kier alpha value is -1.27. The van der Waals surface area contributed by atoms with Gasteiger partial charge in [0.1, 0.15) is 6.33 Å². The van der Waals surface area contributed by atoms with Crippen molar-refractivity contribution >= 4 is 5.82 Å². The Morgan fingerprint density at radius 2 is 2.17 bits per heavy atom. The fourth-order valence-corrected chi connectivity index (χ4v) is 1.67. The molecule has 0 aliphatic heterocycles. The van der Waals surface area contributed by atoms with Gasteiger partial charge in [0.25, 0.3) is 0 Å². The Morgan fingerprint density at radius 3 is 2.78 bits per heavy atom. The Bertz CT molecular complexity index is 354. The maximum atomic E-state index is 14.1. The SMILES string of the molecule is CCc1ncnc(N(CCCN)CCOC)c1F. The molecule has 0 fully saturated rings. The zero-order valence-corrected chi connectivity index (χ0v) is 11.0. The minimum Gasteiger partial charge on any atom is -0.383 e. The number of hydrogen-bond donors (Lipinski definition) is 1. The molecule has 0 atom stereocenters. The topological polar surface area (TPSA) is 64.3 Å². The molecule has 6 heteroatoms. The first-order valence-corrected chi connectivity index (χ1v) is 6.17. The summed E-state index contributed by atoms with van der Waals surface area (Å²) in [6, 6.07) is 0. The molecule has 0 spiro atoms. The lowest BCUT2D eigenvalue weighted by Crippen LogP contribution is -2.31. The van der Waals surface area contributed by atoms with Gasteiger partial charge in [-0.2, -0.15) is 0 Å². The maximum absolute atomic E-state index is 14.1. The molecule has 0 aliphatic rings. The van der Waals surface area contributed by atoms with Gasteiger partial charge in [0, 0.05) is 20.2 Å². The number of anilines is 1. The molecule has 0 saturated heterocycles. The zero-order valence-electron chi connectivity index (χ0n) is 11.0. The molecule has 0 bridgehead atoms. The number of nitrogens with zero attached hydrogens (tertiary/aromatic N) is 3. The average molecular weight is 256 g/mol. The largest absolute Gasteiger partial charge is 0.383 e. The summed E-state index contributed by atoms with van der Waals surface area (Å²) in [6.45, 7) is 4.21. The summed E-state index contributed by atoms with van der Waals surface area (Å²) >= 11 is 0. The predicted octanol–water partition coefficient (Wildman–Crippen LogP) is 0.980. The van der Waals surface area contributed by atoms with Gasteiger partial charge < -0.3 is 15.4 Å². The number of nitrogens with two attached hydrogens (primary N) is 1. The standard InChI is InChI=1S/C12H21FN4O/c1-3-10-11(13)12(16-9-15-10)17(6-4-5-14)7-8-18-2/h9H,3-8,14H2,1-2H3. The minimum atomic E-state index is -0.340. The van der Waals surface area contributed by atoms with Gasteiger partial charge in [-0.25, -0.2) is 14.4 Å². The van der Waals surface area contributed by atoms with Gasteiger partial charge in [-0.3, -0.25) is 0 Å². The molecule has 102 valence electrons. The van der Waals surface area contributed by atoms with E-state index in [2.05, 4.69) is 9.97 Å². The Balaban J connectivity index is 2.88. The van der Waals surface area contributed by atoms with Crippen LogP contribution in [0.4, 0.5) is 10.2 Å². The van der Waals surface area contributed by atoms with Crippen molar-refractivity contribution in [1.82, 2.24) is 9.97 Å². The number of rotatable bonds is 8. The quantitative estimate of drug-likeness (QED) is 0.751. The van der Waals surface area contributed by atoms with E-state index in [9.17, 15) is 4.39 Å². The summed E-state index contributed by atoms with van der Waals surface area (Å²) in [5.41, 5.74) is 5.93. The second kappa shape index (κ2) is 7.94. The Morgan fingerprint density at radius 1 is 1.39 bits per heavy atom. The predicted molar refractivity (Wildman–Crippen MR) is 69.1 cm³/mol. The summed E-state index contributed by atoms with van der Waals surface area (Å²) in [5, 5.41) is 0. The van der Waals surface area contributed by atoms with Crippen LogP contribution in [-0.2, 0) is 11.2 Å². The highest BCUT2D eigenvalue weighted by molar-refractivity contribution is 5.40. The Labute approximate surface area is 107 Å². The number of aryl methyl sites for hydroxylation is 1. The molecule has 18 heavy (non-hydrogen) atoms. The van der Waals surface area contributed by atoms with Gasteiger partial charge in [0.15, 0.2) is 11.6 Å². The minimum absolute atomic E-state index is 0.340. The molecule has 1 heterocycles. The maximum Gasteiger partial charge on any atom is 0.187 e. The van der Waals surface area contributed by atoms with E-state index in [-0.39, 0.29) is 5.82 Å². The lowest BCUT2D eigenvalue weighted by molar-refractivity contribution is 0.205. The van der Waals surface area contributed by atoms with Crippen molar-refractivity contribution in [2.75, 3.05) is 38.3 Å². The highest BCUT2D eigenvalue weighted by atomic mass is 19.1. The van der Waals surface area contributed by atoms with Crippen molar-refractivity contribution in [2.24, 2.45) is 5.73 Å². The smallest absolute Gasteiger partial charge is 0.187 e. The van der Waals surface area contributed by atoms with Crippen LogP contribution in [0.2, 0.25) is 0 Å². The number of hydrogen-bond acceptors (Lipinski definition) is 5. The first kappa shape index (κ1) is 14.8. The van der Waals surface area contributed by atoms with E-state index in [0.29, 0.717) is 44.2 Å². The second-order valence-corrected chi connectivity index (χ2v) is 3.93. The van der Waals surface area contributed by atoms with E-state index in [0.717, 1.165) is 6.42 Å². The lowest BCUT2D eigenvalue weighted by Gasteiger charge is -2.23. The van der Waals surface area contributed by atoms with Crippen LogP contribution in [0.3, 0.4) is 0 Å². The summed E-state index contributed by atoms with van der Waals surface area (Å²) in [4.78, 5) is 9.82. The summed E-state index contributed by atoms with van der Waals surface area (Å²) in [6.07, 6.45) is 2.74. The zero-order chi connectivity index (χ0) is 13.4. The second-order valence-electron chi connectivity index (χ2n) is 3.93. The van der Waals surface area contributed by atoms with Gasteiger partial charge in [-0.15, -0.1) is 0 Å². The van der Waals surface area contributed by atoms with Gasteiger partial charge in [0.2, 0.25) is 0 Å². The molecular weight excluding hydrogens is 235 g/mol. The van der Waals surface area contributed by atoms with Gasteiger partial charge in [-0.1, -0.05) is 6.92 Å². The van der Waals surface area contributed by atoms with Crippen molar-refractivity contribution in [1.29, 1.82) is 0 Å².